The van der Waals surface area contributed by atoms with Gasteiger partial charge in [-0.15, -0.1) is 0 Å². The highest BCUT2D eigenvalue weighted by molar-refractivity contribution is 5.64. The van der Waals surface area contributed by atoms with Crippen LogP contribution in [0.5, 0.6) is 0 Å². The van der Waals surface area contributed by atoms with Crippen LogP contribution in [-0.4, -0.2) is 18.5 Å². The lowest BCUT2D eigenvalue weighted by molar-refractivity contribution is 0.313. The summed E-state index contributed by atoms with van der Waals surface area (Å²) in [4.78, 5) is 2.39. The van der Waals surface area contributed by atoms with Gasteiger partial charge in [0, 0.05) is 13.1 Å². The van der Waals surface area contributed by atoms with Crippen LogP contribution in [0, 0.1) is 0 Å². The predicted octanol–water partition coefficient (Wildman–Crippen LogP) is 3.34. The Morgan fingerprint density at radius 2 is 1.71 bits per heavy atom. The van der Waals surface area contributed by atoms with E-state index in [-0.39, 0.29) is 0 Å². The Labute approximate surface area is 103 Å². The summed E-state index contributed by atoms with van der Waals surface area (Å²) >= 11 is 0. The summed E-state index contributed by atoms with van der Waals surface area (Å²) in [6, 6.07) is 17.5. The lowest BCUT2D eigenvalue weighted by Crippen LogP contribution is -2.26. The number of benzene rings is 2. The Balaban J connectivity index is 2.01. The van der Waals surface area contributed by atoms with Gasteiger partial charge in [0.15, 0.2) is 0 Å². The summed E-state index contributed by atoms with van der Waals surface area (Å²) in [5.41, 5.74) is 5.64. The number of fused-ring (bicyclic) bond motifs is 1. The van der Waals surface area contributed by atoms with E-state index in [9.17, 15) is 0 Å². The van der Waals surface area contributed by atoms with Crippen LogP contribution in [0.2, 0.25) is 0 Å². The van der Waals surface area contributed by atoms with Crippen LogP contribution >= 0.6 is 0 Å². The van der Waals surface area contributed by atoms with Crippen molar-refractivity contribution in [1.29, 1.82) is 0 Å². The van der Waals surface area contributed by atoms with Crippen molar-refractivity contribution in [2.45, 2.75) is 13.0 Å². The first-order valence-electron chi connectivity index (χ1n) is 6.19. The molecule has 86 valence electrons. The Hall–Kier alpha value is -1.60. The lowest BCUT2D eigenvalue weighted by atomic mass is 9.95. The van der Waals surface area contributed by atoms with E-state index in [1.807, 2.05) is 0 Å². The molecule has 0 saturated carbocycles. The van der Waals surface area contributed by atoms with E-state index in [0.717, 1.165) is 6.54 Å². The van der Waals surface area contributed by atoms with E-state index < -0.39 is 0 Å². The largest absolute Gasteiger partial charge is 0.302 e. The van der Waals surface area contributed by atoms with Crippen molar-refractivity contribution in [2.75, 3.05) is 13.6 Å². The monoisotopic (exact) mass is 223 g/mol. The van der Waals surface area contributed by atoms with Gasteiger partial charge in [0.25, 0.3) is 0 Å². The molecule has 0 fully saturated rings. The second-order valence-corrected chi connectivity index (χ2v) is 4.84. The standard InChI is InChI=1S/C16H17N/c1-17-10-9-14-7-8-15(11-16(14)12-17)13-5-3-2-4-6-13/h2-8,11H,9-10,12H2,1H3. The number of hydrogen-bond donors (Lipinski definition) is 0. The van der Waals surface area contributed by atoms with Crippen molar-refractivity contribution in [3.63, 3.8) is 0 Å². The van der Waals surface area contributed by atoms with Gasteiger partial charge in [0.05, 0.1) is 0 Å². The molecule has 3 rings (SSSR count). The summed E-state index contributed by atoms with van der Waals surface area (Å²) < 4.78 is 0. The third kappa shape index (κ3) is 2.11. The molecule has 1 aliphatic heterocycles. The minimum absolute atomic E-state index is 1.08. The maximum atomic E-state index is 2.39. The quantitative estimate of drug-likeness (QED) is 0.716. The molecule has 0 aromatic heterocycles. The third-order valence-corrected chi connectivity index (χ3v) is 3.52. The topological polar surface area (TPSA) is 3.24 Å². The van der Waals surface area contributed by atoms with Gasteiger partial charge >= 0.3 is 0 Å². The Morgan fingerprint density at radius 3 is 2.53 bits per heavy atom. The first kappa shape index (κ1) is 10.5. The Bertz CT molecular complexity index is 516. The highest BCUT2D eigenvalue weighted by Gasteiger charge is 2.13. The van der Waals surface area contributed by atoms with Crippen molar-refractivity contribution in [1.82, 2.24) is 4.90 Å². The van der Waals surface area contributed by atoms with Gasteiger partial charge in [0.2, 0.25) is 0 Å². The van der Waals surface area contributed by atoms with Crippen molar-refractivity contribution in [2.24, 2.45) is 0 Å². The first-order chi connectivity index (χ1) is 8.33. The fourth-order valence-corrected chi connectivity index (χ4v) is 2.51. The minimum Gasteiger partial charge on any atom is -0.302 e. The molecule has 1 heteroatoms. The van der Waals surface area contributed by atoms with Gasteiger partial charge in [-0.2, -0.15) is 0 Å². The number of likely N-dealkylation sites (N-methyl/N-ethyl adjacent to an activating group) is 1. The van der Waals surface area contributed by atoms with Gasteiger partial charge in [-0.05, 0) is 41.8 Å². The molecule has 2 aromatic carbocycles. The van der Waals surface area contributed by atoms with Gasteiger partial charge in [0.1, 0.15) is 0 Å². The molecule has 0 radical (unpaired) electrons. The Kier molecular flexibility index (Phi) is 2.69. The van der Waals surface area contributed by atoms with Crippen LogP contribution in [0.25, 0.3) is 11.1 Å². The molecule has 1 nitrogen and oxygen atoms in total. The highest BCUT2D eigenvalue weighted by atomic mass is 15.1. The second-order valence-electron chi connectivity index (χ2n) is 4.84. The molecule has 0 bridgehead atoms. The van der Waals surface area contributed by atoms with E-state index in [1.54, 1.807) is 0 Å². The molecular weight excluding hydrogens is 206 g/mol. The van der Waals surface area contributed by atoms with Crippen molar-refractivity contribution in [3.05, 3.63) is 59.7 Å². The van der Waals surface area contributed by atoms with Crippen molar-refractivity contribution in [3.8, 4) is 11.1 Å². The maximum Gasteiger partial charge on any atom is 0.0233 e. The van der Waals surface area contributed by atoms with Gasteiger partial charge in [-0.1, -0.05) is 42.5 Å². The average Bonchev–Trinajstić information content (AvgIpc) is 2.39. The summed E-state index contributed by atoms with van der Waals surface area (Å²) in [6.45, 7) is 2.26. The van der Waals surface area contributed by atoms with Crippen LogP contribution < -0.4 is 0 Å². The summed E-state index contributed by atoms with van der Waals surface area (Å²) in [7, 11) is 2.19. The lowest BCUT2D eigenvalue weighted by Gasteiger charge is -2.25. The molecular formula is C16H17N. The molecule has 0 N–H and O–H groups in total. The zero-order valence-electron chi connectivity index (χ0n) is 10.2. The van der Waals surface area contributed by atoms with Crippen LogP contribution in [-0.2, 0) is 13.0 Å². The molecule has 0 unspecified atom stereocenters. The molecule has 0 saturated heterocycles. The predicted molar refractivity (Wildman–Crippen MR) is 71.9 cm³/mol. The summed E-state index contributed by atoms with van der Waals surface area (Å²) in [6.07, 6.45) is 1.18. The number of hydrogen-bond acceptors (Lipinski definition) is 1. The van der Waals surface area contributed by atoms with Crippen LogP contribution in [0.1, 0.15) is 11.1 Å². The molecule has 1 heterocycles. The molecule has 0 aliphatic carbocycles. The summed E-state index contributed by atoms with van der Waals surface area (Å²) in [5, 5.41) is 0. The van der Waals surface area contributed by atoms with E-state index in [2.05, 4.69) is 60.5 Å². The normalized spacial score (nSPS) is 15.6. The van der Waals surface area contributed by atoms with E-state index in [4.69, 9.17) is 0 Å². The fraction of sp³-hybridized carbons (Fsp3) is 0.250. The molecule has 1 aliphatic rings. The zero-order chi connectivity index (χ0) is 11.7. The molecule has 2 aromatic rings. The zero-order valence-corrected chi connectivity index (χ0v) is 10.2. The van der Waals surface area contributed by atoms with Gasteiger partial charge < -0.3 is 4.90 Å². The summed E-state index contributed by atoms with van der Waals surface area (Å²) in [5.74, 6) is 0. The van der Waals surface area contributed by atoms with Crippen molar-refractivity contribution < 1.29 is 0 Å². The van der Waals surface area contributed by atoms with Gasteiger partial charge in [-0.25, -0.2) is 0 Å². The van der Waals surface area contributed by atoms with Crippen LogP contribution in [0.3, 0.4) is 0 Å². The SMILES string of the molecule is CN1CCc2ccc(-c3ccccc3)cc2C1. The van der Waals surface area contributed by atoms with E-state index in [1.165, 1.54) is 35.2 Å². The number of nitrogens with zero attached hydrogens (tertiary/aromatic N) is 1. The molecule has 0 atom stereocenters. The molecule has 17 heavy (non-hydrogen) atoms. The van der Waals surface area contributed by atoms with Gasteiger partial charge in [-0.3, -0.25) is 0 Å². The maximum absolute atomic E-state index is 2.39. The van der Waals surface area contributed by atoms with E-state index >= 15 is 0 Å². The van der Waals surface area contributed by atoms with E-state index in [0.29, 0.717) is 0 Å². The van der Waals surface area contributed by atoms with Crippen LogP contribution in [0.4, 0.5) is 0 Å². The second kappa shape index (κ2) is 4.34. The minimum atomic E-state index is 1.08. The smallest absolute Gasteiger partial charge is 0.0233 e. The Morgan fingerprint density at radius 1 is 0.882 bits per heavy atom. The molecule has 0 spiro atoms. The van der Waals surface area contributed by atoms with Crippen molar-refractivity contribution >= 4 is 0 Å². The number of rotatable bonds is 1. The first-order valence-corrected chi connectivity index (χ1v) is 6.19. The molecule has 0 amide bonds. The highest BCUT2D eigenvalue weighted by Crippen LogP contribution is 2.25. The fourth-order valence-electron chi connectivity index (χ4n) is 2.51. The third-order valence-electron chi connectivity index (χ3n) is 3.52. The average molecular weight is 223 g/mol. The van der Waals surface area contributed by atoms with Crippen LogP contribution in [0.15, 0.2) is 48.5 Å².